The summed E-state index contributed by atoms with van der Waals surface area (Å²) in [7, 11) is -3.57. The Labute approximate surface area is 122 Å². The summed E-state index contributed by atoms with van der Waals surface area (Å²) in [5.74, 6) is 0.602. The number of hydrogen-bond donors (Lipinski definition) is 1. The van der Waals surface area contributed by atoms with Gasteiger partial charge in [-0.1, -0.05) is 6.92 Å². The Hall–Kier alpha value is -1.15. The maximum Gasteiger partial charge on any atom is 0.244 e. The molecular formula is C13H17NO4S2. The van der Waals surface area contributed by atoms with E-state index in [1.165, 1.54) is 21.9 Å². The number of aliphatic hydroxyl groups is 1. The number of nitrogens with zero attached hydrogens (tertiary/aromatic N) is 1. The van der Waals surface area contributed by atoms with Crippen LogP contribution in [0.3, 0.4) is 0 Å². The van der Waals surface area contributed by atoms with Gasteiger partial charge in [-0.25, -0.2) is 8.42 Å². The molecule has 7 heteroatoms. The van der Waals surface area contributed by atoms with E-state index >= 15 is 0 Å². The maximum atomic E-state index is 12.6. The first-order valence-corrected chi connectivity index (χ1v) is 8.47. The maximum absolute atomic E-state index is 12.6. The lowest BCUT2D eigenvalue weighted by molar-refractivity contribution is 0.285. The fourth-order valence-corrected chi connectivity index (χ4v) is 4.82. The molecule has 2 heterocycles. The van der Waals surface area contributed by atoms with E-state index < -0.39 is 10.0 Å². The van der Waals surface area contributed by atoms with Crippen LogP contribution in [0.5, 0.6) is 0 Å². The second-order valence-electron chi connectivity index (χ2n) is 4.30. The Kier molecular flexibility index (Phi) is 4.64. The summed E-state index contributed by atoms with van der Waals surface area (Å²) in [6, 6.07) is 5.02. The smallest absolute Gasteiger partial charge is 0.244 e. The standard InChI is InChI=1S/C13H17NO4S2/c1-3-14(8-11-5-4-6-18-11)20(16,17)13-7-12(9-15)19-10(13)2/h4-7,15H,3,8-9H2,1-2H3. The highest BCUT2D eigenvalue weighted by Gasteiger charge is 2.27. The number of rotatable bonds is 6. The molecule has 0 bridgehead atoms. The van der Waals surface area contributed by atoms with Gasteiger partial charge in [-0.15, -0.1) is 11.3 Å². The number of sulfonamides is 1. The summed E-state index contributed by atoms with van der Waals surface area (Å²) >= 11 is 1.30. The second-order valence-corrected chi connectivity index (χ2v) is 7.55. The lowest BCUT2D eigenvalue weighted by atomic mass is 10.4. The molecule has 0 saturated carbocycles. The third-order valence-electron chi connectivity index (χ3n) is 2.96. The third-order valence-corrected chi connectivity index (χ3v) is 6.17. The van der Waals surface area contributed by atoms with Crippen LogP contribution < -0.4 is 0 Å². The first-order chi connectivity index (χ1) is 9.48. The highest BCUT2D eigenvalue weighted by molar-refractivity contribution is 7.89. The summed E-state index contributed by atoms with van der Waals surface area (Å²) < 4.78 is 31.9. The normalized spacial score (nSPS) is 12.2. The zero-order valence-electron chi connectivity index (χ0n) is 11.4. The number of aryl methyl sites for hydroxylation is 1. The molecule has 0 fully saturated rings. The molecule has 110 valence electrons. The molecule has 0 atom stereocenters. The Morgan fingerprint density at radius 3 is 2.70 bits per heavy atom. The zero-order valence-corrected chi connectivity index (χ0v) is 13.0. The first kappa shape index (κ1) is 15.2. The van der Waals surface area contributed by atoms with Crippen molar-refractivity contribution in [2.75, 3.05) is 6.54 Å². The van der Waals surface area contributed by atoms with Gasteiger partial charge >= 0.3 is 0 Å². The van der Waals surface area contributed by atoms with E-state index in [-0.39, 0.29) is 18.0 Å². The van der Waals surface area contributed by atoms with Gasteiger partial charge in [0.1, 0.15) is 5.76 Å². The molecule has 0 spiro atoms. The van der Waals surface area contributed by atoms with E-state index in [1.54, 1.807) is 32.0 Å². The van der Waals surface area contributed by atoms with Crippen LogP contribution in [-0.2, 0) is 23.2 Å². The molecule has 20 heavy (non-hydrogen) atoms. The highest BCUT2D eigenvalue weighted by Crippen LogP contribution is 2.29. The van der Waals surface area contributed by atoms with Crippen molar-refractivity contribution in [3.63, 3.8) is 0 Å². The molecule has 2 aromatic rings. The largest absolute Gasteiger partial charge is 0.468 e. The number of aliphatic hydroxyl groups excluding tert-OH is 1. The minimum Gasteiger partial charge on any atom is -0.468 e. The molecule has 0 saturated heterocycles. The third kappa shape index (κ3) is 2.95. The van der Waals surface area contributed by atoms with Crippen molar-refractivity contribution in [1.29, 1.82) is 0 Å². The molecule has 2 rings (SSSR count). The van der Waals surface area contributed by atoms with Crippen LogP contribution in [0.4, 0.5) is 0 Å². The Morgan fingerprint density at radius 2 is 2.20 bits per heavy atom. The van der Waals surface area contributed by atoms with Crippen molar-refractivity contribution in [3.8, 4) is 0 Å². The zero-order chi connectivity index (χ0) is 14.8. The summed E-state index contributed by atoms with van der Waals surface area (Å²) in [5.41, 5.74) is 0. The fourth-order valence-electron chi connectivity index (χ4n) is 1.94. The molecular weight excluding hydrogens is 298 g/mol. The lowest BCUT2D eigenvalue weighted by Gasteiger charge is -2.19. The Balaban J connectivity index is 2.33. The van der Waals surface area contributed by atoms with Crippen LogP contribution >= 0.6 is 11.3 Å². The van der Waals surface area contributed by atoms with Gasteiger partial charge in [-0.2, -0.15) is 4.31 Å². The van der Waals surface area contributed by atoms with Crippen molar-refractivity contribution in [3.05, 3.63) is 40.0 Å². The quantitative estimate of drug-likeness (QED) is 0.888. The van der Waals surface area contributed by atoms with Gasteiger partial charge in [0.2, 0.25) is 10.0 Å². The van der Waals surface area contributed by atoms with Gasteiger partial charge in [-0.05, 0) is 25.1 Å². The number of furan rings is 1. The van der Waals surface area contributed by atoms with Gasteiger partial charge in [0, 0.05) is 16.3 Å². The highest BCUT2D eigenvalue weighted by atomic mass is 32.2. The molecule has 0 aliphatic carbocycles. The monoisotopic (exact) mass is 315 g/mol. The summed E-state index contributed by atoms with van der Waals surface area (Å²) in [5, 5.41) is 9.13. The average Bonchev–Trinajstić information content (AvgIpc) is 3.04. The van der Waals surface area contributed by atoms with Crippen LogP contribution in [-0.4, -0.2) is 24.4 Å². The molecule has 0 radical (unpaired) electrons. The minimum atomic E-state index is -3.57. The van der Waals surface area contributed by atoms with Crippen LogP contribution in [0.1, 0.15) is 22.4 Å². The topological polar surface area (TPSA) is 70.8 Å². The van der Waals surface area contributed by atoms with E-state index in [0.29, 0.717) is 22.1 Å². The molecule has 0 amide bonds. The van der Waals surface area contributed by atoms with E-state index in [0.717, 1.165) is 0 Å². The fraction of sp³-hybridized carbons (Fsp3) is 0.385. The molecule has 0 aliphatic rings. The summed E-state index contributed by atoms with van der Waals surface area (Å²) in [4.78, 5) is 1.60. The van der Waals surface area contributed by atoms with Crippen LogP contribution in [0.25, 0.3) is 0 Å². The predicted octanol–water partition coefficient (Wildman–Crippen LogP) is 2.35. The predicted molar refractivity (Wildman–Crippen MR) is 77.0 cm³/mol. The number of hydrogen-bond acceptors (Lipinski definition) is 5. The molecule has 1 N–H and O–H groups in total. The second kappa shape index (κ2) is 6.09. The van der Waals surface area contributed by atoms with Crippen LogP contribution in [0.15, 0.2) is 33.8 Å². The van der Waals surface area contributed by atoms with Crippen molar-refractivity contribution in [2.45, 2.75) is 31.9 Å². The Morgan fingerprint density at radius 1 is 1.45 bits per heavy atom. The lowest BCUT2D eigenvalue weighted by Crippen LogP contribution is -2.30. The van der Waals surface area contributed by atoms with E-state index in [1.807, 2.05) is 0 Å². The molecule has 2 aromatic heterocycles. The molecule has 5 nitrogen and oxygen atoms in total. The van der Waals surface area contributed by atoms with Crippen LogP contribution in [0.2, 0.25) is 0 Å². The molecule has 0 aromatic carbocycles. The summed E-state index contributed by atoms with van der Waals surface area (Å²) in [6.07, 6.45) is 1.52. The first-order valence-electron chi connectivity index (χ1n) is 6.21. The van der Waals surface area contributed by atoms with Gasteiger partial charge in [0.25, 0.3) is 0 Å². The van der Waals surface area contributed by atoms with E-state index in [4.69, 9.17) is 9.52 Å². The van der Waals surface area contributed by atoms with Crippen molar-refractivity contribution >= 4 is 21.4 Å². The molecule has 0 aliphatic heterocycles. The van der Waals surface area contributed by atoms with Crippen molar-refractivity contribution < 1.29 is 17.9 Å². The van der Waals surface area contributed by atoms with Crippen molar-refractivity contribution in [2.24, 2.45) is 0 Å². The van der Waals surface area contributed by atoms with E-state index in [2.05, 4.69) is 0 Å². The summed E-state index contributed by atoms with van der Waals surface area (Å²) in [6.45, 7) is 3.94. The molecule has 0 unspecified atom stereocenters. The van der Waals surface area contributed by atoms with Gasteiger partial charge in [-0.3, -0.25) is 0 Å². The van der Waals surface area contributed by atoms with Crippen LogP contribution in [0, 0.1) is 6.92 Å². The number of thiophene rings is 1. The van der Waals surface area contributed by atoms with E-state index in [9.17, 15) is 8.42 Å². The average molecular weight is 315 g/mol. The minimum absolute atomic E-state index is 0.147. The Bertz CT molecular complexity index is 659. The van der Waals surface area contributed by atoms with Gasteiger partial charge in [0.05, 0.1) is 24.3 Å². The van der Waals surface area contributed by atoms with Crippen molar-refractivity contribution in [1.82, 2.24) is 4.31 Å². The SMILES string of the molecule is CCN(Cc1ccco1)S(=O)(=O)c1cc(CO)sc1C. The van der Waals surface area contributed by atoms with Gasteiger partial charge < -0.3 is 9.52 Å². The van der Waals surface area contributed by atoms with Gasteiger partial charge in [0.15, 0.2) is 0 Å².